The van der Waals surface area contributed by atoms with Crippen molar-refractivity contribution in [3.05, 3.63) is 196 Å². The van der Waals surface area contributed by atoms with E-state index in [-0.39, 0.29) is 0 Å². The summed E-state index contributed by atoms with van der Waals surface area (Å²) in [6.45, 7) is 4.17. The lowest BCUT2D eigenvalue weighted by Gasteiger charge is -2.46. The summed E-state index contributed by atoms with van der Waals surface area (Å²) in [6.07, 6.45) is -54.8. The highest BCUT2D eigenvalue weighted by atomic mass is 32.2. The fourth-order valence-electron chi connectivity index (χ4n) is 9.39. The number of methoxy groups -OCH3 is 2. The number of benzene rings is 7. The molecule has 0 aliphatic carbocycles. The van der Waals surface area contributed by atoms with Gasteiger partial charge in [0.2, 0.25) is 9.79 Å². The first-order valence-corrected chi connectivity index (χ1v) is 27.6. The molecule has 0 aliphatic heterocycles. The summed E-state index contributed by atoms with van der Waals surface area (Å²) < 4.78 is 374. The van der Waals surface area contributed by atoms with Crippen molar-refractivity contribution in [3.63, 3.8) is 0 Å². The van der Waals surface area contributed by atoms with Gasteiger partial charge in [0.25, 0.3) is 0 Å². The van der Waals surface area contributed by atoms with Crippen LogP contribution in [0.3, 0.4) is 0 Å². The van der Waals surface area contributed by atoms with Gasteiger partial charge in [0.15, 0.2) is 16.4 Å². The van der Waals surface area contributed by atoms with Gasteiger partial charge in [0.1, 0.15) is 30.3 Å². The highest BCUT2D eigenvalue weighted by Gasteiger charge is 2.47. The summed E-state index contributed by atoms with van der Waals surface area (Å²) in [7, 11) is 2.90. The van der Waals surface area contributed by atoms with Crippen molar-refractivity contribution in [2.24, 2.45) is 0 Å². The molecule has 0 unspecified atom stereocenters. The van der Waals surface area contributed by atoms with Crippen LogP contribution in [0, 0.1) is 0 Å². The first-order valence-electron chi connectivity index (χ1n) is 26.3. The lowest BCUT2D eigenvalue weighted by atomic mass is 9.12. The molecule has 0 fully saturated rings. The van der Waals surface area contributed by atoms with Crippen LogP contribution in [0.5, 0.6) is 11.5 Å². The summed E-state index contributed by atoms with van der Waals surface area (Å²) >= 11 is 0. The Labute approximate surface area is 510 Å². The predicted octanol–water partition coefficient (Wildman–Crippen LogP) is 16.1. The molecule has 7 aromatic carbocycles. The van der Waals surface area contributed by atoms with Crippen molar-refractivity contribution in [2.45, 2.75) is 64.1 Å². The van der Waals surface area contributed by atoms with Crippen LogP contribution in [0.25, 0.3) is 0 Å². The molecule has 0 atom stereocenters. The van der Waals surface area contributed by atoms with Crippen LogP contribution in [0.4, 0.5) is 105 Å². The Bertz CT molecular complexity index is 3060. The molecule has 0 N–H and O–H groups in total. The van der Waals surface area contributed by atoms with E-state index in [1.165, 1.54) is 4.90 Å². The third-order valence-corrected chi connectivity index (χ3v) is 15.7. The molecule has 0 aliphatic rings. The van der Waals surface area contributed by atoms with Gasteiger partial charge in [0, 0.05) is 14.2 Å². The van der Waals surface area contributed by atoms with E-state index in [1.807, 2.05) is 42.5 Å². The van der Waals surface area contributed by atoms with Crippen molar-refractivity contribution in [3.8, 4) is 11.5 Å². The van der Waals surface area contributed by atoms with Gasteiger partial charge in [-0.15, -0.1) is 0 Å². The van der Waals surface area contributed by atoms with E-state index in [4.69, 9.17) is 28.4 Å². The molecule has 0 saturated carbocycles. The third kappa shape index (κ3) is 19.0. The molecule has 6 nitrogen and oxygen atoms in total. The Morgan fingerprint density at radius 3 is 0.750 bits per heavy atom. The minimum atomic E-state index is -6.13. The summed E-state index contributed by atoms with van der Waals surface area (Å²) in [5.74, 6) is 1.68. The van der Waals surface area contributed by atoms with Gasteiger partial charge < -0.3 is 28.4 Å². The van der Waals surface area contributed by atoms with Crippen LogP contribution < -0.4 is 31.3 Å². The maximum absolute atomic E-state index is 14.2. The van der Waals surface area contributed by atoms with Crippen molar-refractivity contribution in [2.75, 3.05) is 67.1 Å². The van der Waals surface area contributed by atoms with Crippen molar-refractivity contribution >= 4 is 38.9 Å². The molecule has 0 radical (unpaired) electrons. The van der Waals surface area contributed by atoms with Crippen molar-refractivity contribution < 1.29 is 134 Å². The first kappa shape index (κ1) is 73.8. The smallest absolute Gasteiger partial charge is 0.416 e. The van der Waals surface area contributed by atoms with E-state index >= 15 is 0 Å². The van der Waals surface area contributed by atoms with Crippen molar-refractivity contribution in [1.82, 2.24) is 0 Å². The van der Waals surface area contributed by atoms with Crippen molar-refractivity contribution in [1.29, 1.82) is 0 Å². The lowest BCUT2D eigenvalue weighted by molar-refractivity contribution is -0.144. The number of alkyl halides is 24. The van der Waals surface area contributed by atoms with Gasteiger partial charge in [-0.05, 0) is 60.7 Å². The molecule has 7 aromatic rings. The van der Waals surface area contributed by atoms with Crippen LogP contribution in [-0.2, 0) is 79.3 Å². The van der Waals surface area contributed by atoms with E-state index < -0.39 is 206 Å². The molecule has 500 valence electrons. The number of hydrogen-bond donors (Lipinski definition) is 0. The van der Waals surface area contributed by atoms with E-state index in [0.717, 1.165) is 21.3 Å². The summed E-state index contributed by atoms with van der Waals surface area (Å²) in [5.41, 5.74) is -30.2. The Morgan fingerprint density at radius 1 is 0.283 bits per heavy atom. The van der Waals surface area contributed by atoms with Crippen LogP contribution in [-0.4, -0.2) is 73.2 Å². The topological polar surface area (TPSA) is 55.4 Å². The molecule has 0 aromatic heterocycles. The second-order valence-corrected chi connectivity index (χ2v) is 21.6. The Hall–Kier alpha value is -7.29. The number of hydrogen-bond acceptors (Lipinski definition) is 6. The van der Waals surface area contributed by atoms with Gasteiger partial charge in [-0.3, -0.25) is 0 Å². The lowest BCUT2D eigenvalue weighted by Crippen LogP contribution is -2.75. The zero-order valence-electron chi connectivity index (χ0n) is 47.1. The molecule has 0 saturated heterocycles. The quantitative estimate of drug-likeness (QED) is 0.0309. The highest BCUT2D eigenvalue weighted by Crippen LogP contribution is 2.44. The van der Waals surface area contributed by atoms with Gasteiger partial charge >= 0.3 is 49.4 Å². The second kappa shape index (κ2) is 29.3. The SMILES string of the molecule is COCCOCCOc1ccccc1[S+](c1ccccc1)c1ccccc1OCCOCCOC.FC(F)(F)c1cc([B-](c2cc(C(F)(F)F)cc(C(F)(F)F)c2)(c2cc(C(F)(F)F)cc(C(F)(F)F)c2)c2cc(C(F)(F)F)cc(C(F)(F)F)c2)cc(C(F)(F)F)c1. The van der Waals surface area contributed by atoms with Crippen LogP contribution in [0.1, 0.15) is 44.5 Å². The average molecular weight is 1360 g/mol. The Balaban J connectivity index is 0.000000328. The molecule has 0 amide bonds. The van der Waals surface area contributed by atoms with Gasteiger partial charge in [-0.25, -0.2) is 0 Å². The normalized spacial score (nSPS) is 13.1. The van der Waals surface area contributed by atoms with Gasteiger partial charge in [-0.1, -0.05) is 91.0 Å². The second-order valence-electron chi connectivity index (χ2n) is 19.6. The zero-order valence-corrected chi connectivity index (χ0v) is 47.9. The molecule has 92 heavy (non-hydrogen) atoms. The van der Waals surface area contributed by atoms with Gasteiger partial charge in [0.05, 0.1) is 84.1 Å². The molecule has 7 rings (SSSR count). The third-order valence-electron chi connectivity index (χ3n) is 13.4. The maximum Gasteiger partial charge on any atom is 0.416 e. The molecule has 32 heteroatoms. The van der Waals surface area contributed by atoms with Crippen LogP contribution in [0.15, 0.2) is 166 Å². The Morgan fingerprint density at radius 2 is 0.511 bits per heavy atom. The van der Waals surface area contributed by atoms with E-state index in [2.05, 4.69) is 36.4 Å². The fourth-order valence-corrected chi connectivity index (χ4v) is 11.6. The van der Waals surface area contributed by atoms with Crippen LogP contribution >= 0.6 is 0 Å². The standard InChI is InChI=1S/C32H12BF24.C28H35O6S/c34-25(35,36)13-1-14(26(37,38)39)6-21(5-13)33(22-7-15(27(40,41)42)2-16(8-22)28(43,44)45,23-9-17(29(46,47)48)3-18(10-23)30(49,50)51)24-11-19(31(52,53)54)4-20(12-24)32(55,56)57;1-29-16-18-31-20-22-33-25-12-6-8-14-27(25)35(24-10-4-3-5-11-24)28-15-9-7-13-26(28)34-23-21-32-19-17-30-2/h1-12H;3-15H,16-23H2,1-2H3/q-1;+1. The fraction of sp³-hybridized carbons (Fsp3) is 0.300. The molecular formula is C60H47BF24O6S. The van der Waals surface area contributed by atoms with E-state index in [1.54, 1.807) is 14.2 Å². The minimum absolute atomic E-state index is 0.430. The minimum Gasteiger partial charge on any atom is -0.486 e. The molecular weight excluding hydrogens is 1320 g/mol. The summed E-state index contributed by atoms with van der Waals surface area (Å²) in [6, 6.07) is 18.0. The number of ether oxygens (including phenoxy) is 6. The maximum atomic E-state index is 14.2. The Kier molecular flexibility index (Phi) is 23.5. The summed E-state index contributed by atoms with van der Waals surface area (Å²) in [5, 5.41) is 0. The predicted molar refractivity (Wildman–Crippen MR) is 288 cm³/mol. The van der Waals surface area contributed by atoms with E-state index in [0.29, 0.717) is 52.9 Å². The molecule has 0 spiro atoms. The first-order chi connectivity index (χ1) is 42.6. The average Bonchev–Trinajstić information content (AvgIpc) is 0.709. The zero-order chi connectivity index (χ0) is 68.5. The van der Waals surface area contributed by atoms with Gasteiger partial charge in [-0.2, -0.15) is 127 Å². The van der Waals surface area contributed by atoms with E-state index in [9.17, 15) is 105 Å². The molecule has 0 bridgehead atoms. The highest BCUT2D eigenvalue weighted by molar-refractivity contribution is 7.97. The molecule has 0 heterocycles. The largest absolute Gasteiger partial charge is 0.486 e. The monoisotopic (exact) mass is 1360 g/mol. The number of halogens is 24. The number of para-hydroxylation sites is 2. The number of rotatable bonds is 21. The van der Waals surface area contributed by atoms with Crippen LogP contribution in [0.2, 0.25) is 0 Å². The summed E-state index contributed by atoms with van der Waals surface area (Å²) in [4.78, 5) is 3.39.